The number of amides is 1. The number of anilines is 1. The molecular formula is C21H24N4O2S2. The number of thioether (sulfide) groups is 1. The van der Waals surface area contributed by atoms with Gasteiger partial charge < -0.3 is 5.32 Å². The van der Waals surface area contributed by atoms with Gasteiger partial charge in [-0.1, -0.05) is 12.1 Å². The van der Waals surface area contributed by atoms with Crippen LogP contribution in [0.25, 0.3) is 10.2 Å². The first-order chi connectivity index (χ1) is 14.0. The molecule has 6 nitrogen and oxygen atoms in total. The van der Waals surface area contributed by atoms with Crippen LogP contribution in [0.15, 0.2) is 35.4 Å². The van der Waals surface area contributed by atoms with E-state index in [0.717, 1.165) is 40.6 Å². The number of hydrogen-bond acceptors (Lipinski definition) is 6. The number of carbonyl (C=O) groups is 1. The monoisotopic (exact) mass is 428 g/mol. The molecule has 29 heavy (non-hydrogen) atoms. The molecule has 1 fully saturated rings. The Hall–Kier alpha value is -2.16. The van der Waals surface area contributed by atoms with E-state index in [2.05, 4.69) is 21.3 Å². The minimum absolute atomic E-state index is 0.0519. The Kier molecular flexibility index (Phi) is 6.03. The summed E-state index contributed by atoms with van der Waals surface area (Å²) in [6, 6.07) is 7.93. The molecule has 1 aliphatic heterocycles. The highest BCUT2D eigenvalue weighted by atomic mass is 32.2. The second-order valence-electron chi connectivity index (χ2n) is 7.28. The summed E-state index contributed by atoms with van der Waals surface area (Å²) in [6.45, 7) is 6.94. The molecule has 3 heterocycles. The molecule has 0 atom stereocenters. The number of benzene rings is 1. The highest BCUT2D eigenvalue weighted by Crippen LogP contribution is 2.25. The minimum Gasteiger partial charge on any atom is -0.325 e. The molecule has 0 spiro atoms. The van der Waals surface area contributed by atoms with Crippen LogP contribution in [0.3, 0.4) is 0 Å². The molecule has 0 unspecified atom stereocenters. The largest absolute Gasteiger partial charge is 0.325 e. The molecule has 8 heteroatoms. The van der Waals surface area contributed by atoms with Crippen LogP contribution in [0.4, 0.5) is 5.69 Å². The maximum absolute atomic E-state index is 12.8. The van der Waals surface area contributed by atoms with E-state index in [-0.39, 0.29) is 18.0 Å². The molecule has 3 aromatic rings. The summed E-state index contributed by atoms with van der Waals surface area (Å²) >= 11 is 3.50. The average molecular weight is 429 g/mol. The Morgan fingerprint density at radius 2 is 2.03 bits per heavy atom. The molecule has 152 valence electrons. The molecule has 0 aliphatic carbocycles. The lowest BCUT2D eigenvalue weighted by molar-refractivity contribution is -0.116. The van der Waals surface area contributed by atoms with Gasteiger partial charge in [0.1, 0.15) is 11.4 Å². The molecule has 0 bridgehead atoms. The average Bonchev–Trinajstić information content (AvgIpc) is 3.00. The number of aromatic nitrogens is 2. The van der Waals surface area contributed by atoms with Crippen LogP contribution < -0.4 is 10.9 Å². The van der Waals surface area contributed by atoms with Crippen LogP contribution in [0, 0.1) is 13.8 Å². The van der Waals surface area contributed by atoms with E-state index < -0.39 is 0 Å². The van der Waals surface area contributed by atoms with Crippen LogP contribution in [-0.2, 0) is 17.9 Å². The predicted molar refractivity (Wildman–Crippen MR) is 121 cm³/mol. The van der Waals surface area contributed by atoms with Crippen molar-refractivity contribution in [2.45, 2.75) is 26.9 Å². The van der Waals surface area contributed by atoms with Crippen LogP contribution >= 0.6 is 23.1 Å². The Morgan fingerprint density at radius 3 is 2.83 bits per heavy atom. The first kappa shape index (κ1) is 20.1. The van der Waals surface area contributed by atoms with Gasteiger partial charge in [-0.2, -0.15) is 11.8 Å². The molecule has 1 amide bonds. The van der Waals surface area contributed by atoms with Crippen molar-refractivity contribution in [1.82, 2.24) is 14.5 Å². The van der Waals surface area contributed by atoms with Gasteiger partial charge in [-0.3, -0.25) is 19.1 Å². The Bertz CT molecular complexity index is 1100. The number of fused-ring (bicyclic) bond motifs is 1. The summed E-state index contributed by atoms with van der Waals surface area (Å²) in [5.74, 6) is 2.11. The number of carbonyl (C=O) groups excluding carboxylic acids is 1. The Morgan fingerprint density at radius 1 is 1.24 bits per heavy atom. The second kappa shape index (κ2) is 8.69. The van der Waals surface area contributed by atoms with Gasteiger partial charge in [0, 0.05) is 41.7 Å². The third-order valence-corrected chi connectivity index (χ3v) is 7.25. The van der Waals surface area contributed by atoms with Crippen molar-refractivity contribution in [3.05, 3.63) is 57.0 Å². The Labute approximate surface area is 177 Å². The fourth-order valence-electron chi connectivity index (χ4n) is 3.50. The van der Waals surface area contributed by atoms with E-state index in [1.165, 1.54) is 39.3 Å². The van der Waals surface area contributed by atoms with E-state index in [4.69, 9.17) is 0 Å². The Balaban J connectivity index is 1.45. The first-order valence-corrected chi connectivity index (χ1v) is 11.6. The quantitative estimate of drug-likeness (QED) is 0.676. The highest BCUT2D eigenvalue weighted by molar-refractivity contribution is 7.99. The molecule has 1 N–H and O–H groups in total. The van der Waals surface area contributed by atoms with Crippen molar-refractivity contribution in [3.8, 4) is 0 Å². The van der Waals surface area contributed by atoms with Crippen LogP contribution in [0.5, 0.6) is 0 Å². The molecule has 1 aliphatic rings. The van der Waals surface area contributed by atoms with Crippen LogP contribution in [0.2, 0.25) is 0 Å². The number of hydrogen-bond donors (Lipinski definition) is 1. The normalized spacial score (nSPS) is 15.0. The van der Waals surface area contributed by atoms with E-state index in [1.807, 2.05) is 43.8 Å². The van der Waals surface area contributed by atoms with Crippen molar-refractivity contribution in [2.75, 3.05) is 29.9 Å². The SMILES string of the molecule is Cc1sc2ncn(CC(=O)Nc3cccc(CN4CCSCC4)c3)c(=O)c2c1C. The third kappa shape index (κ3) is 4.55. The van der Waals surface area contributed by atoms with Crippen LogP contribution in [0.1, 0.15) is 16.0 Å². The molecule has 0 radical (unpaired) electrons. The van der Waals surface area contributed by atoms with E-state index in [1.54, 1.807) is 0 Å². The summed E-state index contributed by atoms with van der Waals surface area (Å²) < 4.78 is 1.38. The van der Waals surface area contributed by atoms with Crippen LogP contribution in [-0.4, -0.2) is 45.0 Å². The topological polar surface area (TPSA) is 67.2 Å². The molecule has 1 saturated heterocycles. The van der Waals surface area contributed by atoms with Gasteiger partial charge in [0.15, 0.2) is 0 Å². The van der Waals surface area contributed by atoms with Gasteiger partial charge in [0.05, 0.1) is 11.7 Å². The van der Waals surface area contributed by atoms with Crippen molar-refractivity contribution in [3.63, 3.8) is 0 Å². The fraction of sp³-hybridized carbons (Fsp3) is 0.381. The smallest absolute Gasteiger partial charge is 0.262 e. The lowest BCUT2D eigenvalue weighted by atomic mass is 10.2. The summed E-state index contributed by atoms with van der Waals surface area (Å²) in [6.07, 6.45) is 1.46. The lowest BCUT2D eigenvalue weighted by Crippen LogP contribution is -2.32. The zero-order valence-corrected chi connectivity index (χ0v) is 18.2. The van der Waals surface area contributed by atoms with Gasteiger partial charge in [-0.15, -0.1) is 11.3 Å². The molecule has 2 aromatic heterocycles. The second-order valence-corrected chi connectivity index (χ2v) is 9.71. The number of thiophene rings is 1. The van der Waals surface area contributed by atoms with Gasteiger partial charge in [0.2, 0.25) is 5.91 Å². The maximum atomic E-state index is 12.8. The highest BCUT2D eigenvalue weighted by Gasteiger charge is 2.14. The zero-order chi connectivity index (χ0) is 20.4. The van der Waals surface area contributed by atoms with E-state index >= 15 is 0 Å². The van der Waals surface area contributed by atoms with Gasteiger partial charge in [0.25, 0.3) is 5.56 Å². The lowest BCUT2D eigenvalue weighted by Gasteiger charge is -2.26. The van der Waals surface area contributed by atoms with Crippen molar-refractivity contribution < 1.29 is 4.79 Å². The van der Waals surface area contributed by atoms with Crippen molar-refractivity contribution in [2.24, 2.45) is 0 Å². The molecule has 4 rings (SSSR count). The van der Waals surface area contributed by atoms with Gasteiger partial charge in [-0.05, 0) is 37.1 Å². The minimum atomic E-state index is -0.232. The molecular weight excluding hydrogens is 404 g/mol. The summed E-state index contributed by atoms with van der Waals surface area (Å²) in [7, 11) is 0. The number of rotatable bonds is 5. The first-order valence-electron chi connectivity index (χ1n) is 9.65. The third-order valence-electron chi connectivity index (χ3n) is 5.19. The number of nitrogens with one attached hydrogen (secondary N) is 1. The van der Waals surface area contributed by atoms with Gasteiger partial charge >= 0.3 is 0 Å². The predicted octanol–water partition coefficient (Wildman–Crippen LogP) is 3.26. The fourth-order valence-corrected chi connectivity index (χ4v) is 5.47. The summed E-state index contributed by atoms with van der Waals surface area (Å²) in [5.41, 5.74) is 2.72. The summed E-state index contributed by atoms with van der Waals surface area (Å²) in [5, 5.41) is 3.53. The standard InChI is InChI=1S/C21H24N4O2S2/c1-14-15(2)29-20-19(14)21(27)25(13-22-20)12-18(26)23-17-5-3-4-16(10-17)11-24-6-8-28-9-7-24/h3-5,10,13H,6-9,11-12H2,1-2H3,(H,23,26). The van der Waals surface area contributed by atoms with E-state index in [0.29, 0.717) is 5.39 Å². The zero-order valence-electron chi connectivity index (χ0n) is 16.6. The van der Waals surface area contributed by atoms with E-state index in [9.17, 15) is 9.59 Å². The molecule has 0 saturated carbocycles. The number of aryl methyl sites for hydroxylation is 2. The maximum Gasteiger partial charge on any atom is 0.262 e. The van der Waals surface area contributed by atoms with Crippen molar-refractivity contribution in [1.29, 1.82) is 0 Å². The number of nitrogens with zero attached hydrogens (tertiary/aromatic N) is 3. The summed E-state index contributed by atoms with van der Waals surface area (Å²) in [4.78, 5) is 33.9. The van der Waals surface area contributed by atoms with Crippen molar-refractivity contribution >= 4 is 44.9 Å². The molecule has 1 aromatic carbocycles. The van der Waals surface area contributed by atoms with Gasteiger partial charge in [-0.25, -0.2) is 4.98 Å².